The Kier molecular flexibility index (Phi) is 4.34. The highest BCUT2D eigenvalue weighted by Crippen LogP contribution is 2.36. The molecule has 3 N–H and O–H groups in total. The molecule has 20 heavy (non-hydrogen) atoms. The van der Waals surface area contributed by atoms with Gasteiger partial charge < -0.3 is 15.7 Å². The van der Waals surface area contributed by atoms with E-state index in [0.29, 0.717) is 16.6 Å². The van der Waals surface area contributed by atoms with Crippen LogP contribution < -0.4 is 10.6 Å². The van der Waals surface area contributed by atoms with E-state index in [2.05, 4.69) is 26.6 Å². The predicted molar refractivity (Wildman–Crippen MR) is 80.3 cm³/mol. The van der Waals surface area contributed by atoms with E-state index in [9.17, 15) is 14.3 Å². The van der Waals surface area contributed by atoms with E-state index >= 15 is 0 Å². The predicted octanol–water partition coefficient (Wildman–Crippen LogP) is 3.26. The van der Waals surface area contributed by atoms with Crippen LogP contribution in [0.4, 0.5) is 15.8 Å². The summed E-state index contributed by atoms with van der Waals surface area (Å²) in [5.74, 6) is -0.859. The second-order valence-electron chi connectivity index (χ2n) is 5.44. The van der Waals surface area contributed by atoms with Gasteiger partial charge >= 0.3 is 0 Å². The Morgan fingerprint density at radius 2 is 2.25 bits per heavy atom. The summed E-state index contributed by atoms with van der Waals surface area (Å²) in [7, 11) is 0. The van der Waals surface area contributed by atoms with Crippen LogP contribution in [0.3, 0.4) is 0 Å². The number of aliphatic hydroxyl groups is 1. The zero-order valence-corrected chi connectivity index (χ0v) is 13.1. The first-order valence-corrected chi connectivity index (χ1v) is 7.34. The first-order chi connectivity index (χ1) is 9.29. The smallest absolute Gasteiger partial charge is 0.221 e. The van der Waals surface area contributed by atoms with Crippen LogP contribution in [0.2, 0.25) is 0 Å². The lowest BCUT2D eigenvalue weighted by molar-refractivity contribution is -0.114. The molecule has 0 aromatic heterocycles. The molecular formula is C14H18BrFN2O2. The molecule has 0 radical (unpaired) electrons. The zero-order chi connectivity index (χ0) is 14.9. The second-order valence-corrected chi connectivity index (χ2v) is 6.35. The van der Waals surface area contributed by atoms with E-state index in [4.69, 9.17) is 0 Å². The number of benzene rings is 1. The van der Waals surface area contributed by atoms with Gasteiger partial charge in [0, 0.05) is 11.4 Å². The Hall–Kier alpha value is -1.14. The van der Waals surface area contributed by atoms with Gasteiger partial charge in [0.25, 0.3) is 0 Å². The van der Waals surface area contributed by atoms with Crippen LogP contribution in [0, 0.1) is 5.82 Å². The average molecular weight is 345 g/mol. The molecule has 1 aromatic carbocycles. The highest BCUT2D eigenvalue weighted by Gasteiger charge is 2.37. The molecule has 1 fully saturated rings. The molecule has 0 bridgehead atoms. The molecule has 2 rings (SSSR count). The molecule has 0 unspecified atom stereocenters. The van der Waals surface area contributed by atoms with Gasteiger partial charge in [-0.05, 0) is 38.3 Å². The van der Waals surface area contributed by atoms with Crippen molar-refractivity contribution in [1.29, 1.82) is 0 Å². The highest BCUT2D eigenvalue weighted by molar-refractivity contribution is 9.10. The lowest BCUT2D eigenvalue weighted by atomic mass is 10.00. The maximum absolute atomic E-state index is 14.0. The van der Waals surface area contributed by atoms with Crippen molar-refractivity contribution in [2.75, 3.05) is 10.6 Å². The van der Waals surface area contributed by atoms with Crippen molar-refractivity contribution < 1.29 is 14.3 Å². The first kappa shape index (κ1) is 15.3. The van der Waals surface area contributed by atoms with Gasteiger partial charge in [0.2, 0.25) is 5.91 Å². The molecule has 0 saturated heterocycles. The van der Waals surface area contributed by atoms with Crippen molar-refractivity contribution >= 4 is 33.2 Å². The molecule has 2 atom stereocenters. The standard InChI is InChI=1S/C14H18BrFN2O2/c1-8(19)17-13-10(16)6-9(15)7-11(13)18-12-4-3-5-14(12,2)20/h6-7,12,18,20H,3-5H2,1-2H3,(H,17,19)/t12-,14-/m1/s1. The lowest BCUT2D eigenvalue weighted by Gasteiger charge is -2.28. The minimum Gasteiger partial charge on any atom is -0.388 e. The molecule has 1 saturated carbocycles. The summed E-state index contributed by atoms with van der Waals surface area (Å²) in [6.07, 6.45) is 2.42. The van der Waals surface area contributed by atoms with E-state index in [1.165, 1.54) is 13.0 Å². The minimum atomic E-state index is -0.827. The minimum absolute atomic E-state index is 0.114. The SMILES string of the molecule is CC(=O)Nc1c(F)cc(Br)cc1N[C@@H]1CCC[C@@]1(C)O. The lowest BCUT2D eigenvalue weighted by Crippen LogP contribution is -2.39. The van der Waals surface area contributed by atoms with Gasteiger partial charge in [0.15, 0.2) is 0 Å². The van der Waals surface area contributed by atoms with Crippen LogP contribution >= 0.6 is 15.9 Å². The molecule has 110 valence electrons. The van der Waals surface area contributed by atoms with E-state index in [-0.39, 0.29) is 17.6 Å². The van der Waals surface area contributed by atoms with Gasteiger partial charge in [-0.3, -0.25) is 4.79 Å². The monoisotopic (exact) mass is 344 g/mol. The highest BCUT2D eigenvalue weighted by atomic mass is 79.9. The molecule has 1 aliphatic carbocycles. The third-order valence-electron chi connectivity index (χ3n) is 3.61. The molecule has 0 spiro atoms. The third-order valence-corrected chi connectivity index (χ3v) is 4.07. The number of halogens is 2. The third kappa shape index (κ3) is 3.30. The van der Waals surface area contributed by atoms with Gasteiger partial charge in [0.05, 0.1) is 17.3 Å². The Balaban J connectivity index is 2.32. The second kappa shape index (κ2) is 5.69. The van der Waals surface area contributed by atoms with Gasteiger partial charge in [-0.25, -0.2) is 4.39 Å². The van der Waals surface area contributed by atoms with Crippen molar-refractivity contribution in [3.63, 3.8) is 0 Å². The number of carbonyl (C=O) groups excluding carboxylic acids is 1. The summed E-state index contributed by atoms with van der Waals surface area (Å²) in [5, 5.41) is 15.9. The fraction of sp³-hybridized carbons (Fsp3) is 0.500. The number of anilines is 2. The number of rotatable bonds is 3. The molecule has 1 aliphatic rings. The summed E-state index contributed by atoms with van der Waals surface area (Å²) in [6.45, 7) is 3.10. The number of amides is 1. The molecule has 0 heterocycles. The first-order valence-electron chi connectivity index (χ1n) is 6.55. The summed E-state index contributed by atoms with van der Waals surface area (Å²) in [5.41, 5.74) is -0.241. The molecule has 0 aliphatic heterocycles. The van der Waals surface area contributed by atoms with Crippen LogP contribution in [0.1, 0.15) is 33.1 Å². The molecular weight excluding hydrogens is 327 g/mol. The maximum atomic E-state index is 14.0. The molecule has 1 aromatic rings. The summed E-state index contributed by atoms with van der Waals surface area (Å²) < 4.78 is 14.6. The van der Waals surface area contributed by atoms with E-state index in [0.717, 1.165) is 12.8 Å². The Labute approximate surface area is 125 Å². The van der Waals surface area contributed by atoms with E-state index in [1.54, 1.807) is 13.0 Å². The molecule has 6 heteroatoms. The summed E-state index contributed by atoms with van der Waals surface area (Å²) >= 11 is 3.24. The van der Waals surface area contributed by atoms with Crippen LogP contribution in [-0.2, 0) is 4.79 Å². The van der Waals surface area contributed by atoms with E-state index in [1.807, 2.05) is 0 Å². The van der Waals surface area contributed by atoms with Crippen molar-refractivity contribution in [2.45, 2.75) is 44.8 Å². The number of carbonyl (C=O) groups is 1. The topological polar surface area (TPSA) is 61.4 Å². The number of hydrogen-bond donors (Lipinski definition) is 3. The van der Waals surface area contributed by atoms with Crippen molar-refractivity contribution in [3.05, 3.63) is 22.4 Å². The quantitative estimate of drug-likeness (QED) is 0.788. The summed E-state index contributed by atoms with van der Waals surface area (Å²) in [4.78, 5) is 11.2. The van der Waals surface area contributed by atoms with Crippen molar-refractivity contribution in [1.82, 2.24) is 0 Å². The number of hydrogen-bond acceptors (Lipinski definition) is 3. The van der Waals surface area contributed by atoms with Crippen molar-refractivity contribution in [2.24, 2.45) is 0 Å². The maximum Gasteiger partial charge on any atom is 0.221 e. The fourth-order valence-corrected chi connectivity index (χ4v) is 2.99. The Morgan fingerprint density at radius 3 is 2.80 bits per heavy atom. The molecule has 1 amide bonds. The average Bonchev–Trinajstić information content (AvgIpc) is 2.63. The van der Waals surface area contributed by atoms with Crippen LogP contribution in [-0.4, -0.2) is 22.7 Å². The normalized spacial score (nSPS) is 25.6. The van der Waals surface area contributed by atoms with Crippen LogP contribution in [0.5, 0.6) is 0 Å². The van der Waals surface area contributed by atoms with Crippen LogP contribution in [0.15, 0.2) is 16.6 Å². The van der Waals surface area contributed by atoms with Crippen LogP contribution in [0.25, 0.3) is 0 Å². The van der Waals surface area contributed by atoms with Gasteiger partial charge in [-0.2, -0.15) is 0 Å². The van der Waals surface area contributed by atoms with Gasteiger partial charge in [0.1, 0.15) is 11.5 Å². The van der Waals surface area contributed by atoms with Gasteiger partial charge in [-0.15, -0.1) is 0 Å². The van der Waals surface area contributed by atoms with Gasteiger partial charge in [-0.1, -0.05) is 15.9 Å². The number of nitrogens with one attached hydrogen (secondary N) is 2. The summed E-state index contributed by atoms with van der Waals surface area (Å²) in [6, 6.07) is 2.83. The zero-order valence-electron chi connectivity index (χ0n) is 11.5. The van der Waals surface area contributed by atoms with E-state index < -0.39 is 11.4 Å². The Bertz CT molecular complexity index is 534. The van der Waals surface area contributed by atoms with Crippen molar-refractivity contribution in [3.8, 4) is 0 Å². The molecule has 4 nitrogen and oxygen atoms in total. The fourth-order valence-electron chi connectivity index (χ4n) is 2.56. The Morgan fingerprint density at radius 1 is 1.55 bits per heavy atom. The largest absolute Gasteiger partial charge is 0.388 e.